The summed E-state index contributed by atoms with van der Waals surface area (Å²) in [6.07, 6.45) is -3.66. The first-order valence-electron chi connectivity index (χ1n) is 25.6. The number of rotatable bonds is 5. The van der Waals surface area contributed by atoms with Gasteiger partial charge in [0.25, 0.3) is 0 Å². The van der Waals surface area contributed by atoms with Crippen LogP contribution in [0, 0.1) is 38.1 Å². The third-order valence-corrected chi connectivity index (χ3v) is 10.7. The molecule has 0 saturated carbocycles. The summed E-state index contributed by atoms with van der Waals surface area (Å²) in [5.74, 6) is 0. The van der Waals surface area contributed by atoms with Crippen LogP contribution in [0.2, 0.25) is 0 Å². The molecule has 0 aliphatic rings. The third-order valence-electron chi connectivity index (χ3n) is 10.7. The molecule has 0 amide bonds. The number of aryl methyl sites for hydroxylation is 3. The van der Waals surface area contributed by atoms with Crippen LogP contribution >= 0.6 is 0 Å². The first kappa shape index (κ1) is 32.3. The quantitative estimate of drug-likeness (QED) is 0.127. The van der Waals surface area contributed by atoms with Gasteiger partial charge in [-0.1, -0.05) is 135 Å². The molecule has 321 valence electrons. The van der Waals surface area contributed by atoms with E-state index in [1.807, 2.05) is 99.6 Å². The number of hydrogen-bond donors (Lipinski definition) is 0. The van der Waals surface area contributed by atoms with Crippen molar-refractivity contribution in [2.45, 2.75) is 53.9 Å². The Labute approximate surface area is 400 Å². The first-order chi connectivity index (χ1) is 34.6. The molecule has 7 heteroatoms. The number of furan rings is 1. The van der Waals surface area contributed by atoms with Crippen molar-refractivity contribution in [2.24, 2.45) is 5.41 Å². The Hall–Kier alpha value is -6.40. The van der Waals surface area contributed by atoms with Gasteiger partial charge in [0.1, 0.15) is 5.58 Å². The molecule has 3 nitrogen and oxygen atoms in total. The van der Waals surface area contributed by atoms with Gasteiger partial charge in [-0.3, -0.25) is 0 Å². The van der Waals surface area contributed by atoms with Crippen LogP contribution in [0.4, 0.5) is 13.2 Å². The third kappa shape index (κ3) is 9.01. The van der Waals surface area contributed by atoms with E-state index < -0.39 is 49.6 Å². The van der Waals surface area contributed by atoms with Gasteiger partial charge in [0.15, 0.2) is 0 Å². The van der Waals surface area contributed by atoms with E-state index in [4.69, 9.17) is 19.5 Å². The van der Waals surface area contributed by atoms with Crippen molar-refractivity contribution in [1.82, 2.24) is 9.97 Å². The molecule has 0 bridgehead atoms. The molecular weight excluding hydrogens is 978 g/mol. The molecule has 3 aromatic heterocycles. The summed E-state index contributed by atoms with van der Waals surface area (Å²) >= 11 is 0. The number of nitrogens with zero attached hydrogens (tertiary/aromatic N) is 2. The molecule has 0 N–H and O–H groups in total. The summed E-state index contributed by atoms with van der Waals surface area (Å²) < 4.78 is 136. The molecule has 0 aliphatic carbocycles. The minimum Gasteiger partial charge on any atom is -0.501 e. The van der Waals surface area contributed by atoms with Gasteiger partial charge in [0.2, 0.25) is 0 Å². The van der Waals surface area contributed by atoms with Gasteiger partial charge in [-0.2, -0.15) is 13.2 Å². The first-order valence-corrected chi connectivity index (χ1v) is 20.1. The average molecular weight is 1030 g/mol. The minimum absolute atomic E-state index is 0. The molecule has 0 unspecified atom stereocenters. The molecule has 0 aliphatic heterocycles. The second kappa shape index (κ2) is 17.6. The van der Waals surface area contributed by atoms with Crippen LogP contribution in [0.1, 0.15) is 63.7 Å². The minimum atomic E-state index is -4.79. The molecule has 3 heterocycles. The van der Waals surface area contributed by atoms with E-state index in [2.05, 4.69) is 28.2 Å². The van der Waals surface area contributed by atoms with E-state index in [0.29, 0.717) is 45.2 Å². The molecule has 7 aromatic carbocycles. The fourth-order valence-corrected chi connectivity index (χ4v) is 7.76. The van der Waals surface area contributed by atoms with Gasteiger partial charge >= 0.3 is 6.18 Å². The van der Waals surface area contributed by atoms with Crippen molar-refractivity contribution in [1.29, 1.82) is 0 Å². The van der Waals surface area contributed by atoms with Crippen LogP contribution in [0.5, 0.6) is 0 Å². The Balaban J connectivity index is 0.000000216. The summed E-state index contributed by atoms with van der Waals surface area (Å²) in [5.41, 5.74) is 2.25. The largest absolute Gasteiger partial charge is 0.501 e. The van der Waals surface area contributed by atoms with Crippen molar-refractivity contribution >= 4 is 43.5 Å². The summed E-state index contributed by atoms with van der Waals surface area (Å²) in [6, 6.07) is 45.6. The summed E-state index contributed by atoms with van der Waals surface area (Å²) in [6.45, 7) is -2.39. The molecule has 1 radical (unpaired) electrons. The van der Waals surface area contributed by atoms with Crippen molar-refractivity contribution in [3.05, 3.63) is 192 Å². The maximum Gasteiger partial charge on any atom is 0.416 e. The summed E-state index contributed by atoms with van der Waals surface area (Å²) in [5, 5.41) is 5.77. The maximum atomic E-state index is 13.6. The Morgan fingerprint density at radius 1 is 0.625 bits per heavy atom. The average Bonchev–Trinajstić information content (AvgIpc) is 3.72. The van der Waals surface area contributed by atoms with Gasteiger partial charge < -0.3 is 14.4 Å². The normalized spacial score (nSPS) is 15.1. The molecule has 10 aromatic rings. The van der Waals surface area contributed by atoms with Crippen LogP contribution in [0.3, 0.4) is 0 Å². The van der Waals surface area contributed by atoms with E-state index in [1.165, 1.54) is 12.1 Å². The van der Waals surface area contributed by atoms with Crippen LogP contribution in [-0.2, 0) is 32.7 Å². The zero-order valence-corrected chi connectivity index (χ0v) is 37.1. The van der Waals surface area contributed by atoms with Gasteiger partial charge in [-0.15, -0.1) is 47.5 Å². The number of halogens is 3. The van der Waals surface area contributed by atoms with Gasteiger partial charge in [-0.25, -0.2) is 0 Å². The predicted molar refractivity (Wildman–Crippen MR) is 253 cm³/mol. The summed E-state index contributed by atoms with van der Waals surface area (Å²) in [4.78, 5) is 8.84. The van der Waals surface area contributed by atoms with Crippen molar-refractivity contribution in [2.75, 3.05) is 0 Å². The van der Waals surface area contributed by atoms with Crippen LogP contribution in [0.25, 0.3) is 88.3 Å². The molecule has 10 rings (SSSR count). The second-order valence-electron chi connectivity index (χ2n) is 16.3. The predicted octanol–water partition coefficient (Wildman–Crippen LogP) is 16.2. The number of pyridine rings is 2. The number of fused-ring (bicyclic) bond motifs is 6. The van der Waals surface area contributed by atoms with Crippen molar-refractivity contribution in [3.8, 4) is 44.8 Å². The fraction of sp³-hybridized carbons (Fsp3) is 0.158. The summed E-state index contributed by atoms with van der Waals surface area (Å²) in [7, 11) is 0. The second-order valence-corrected chi connectivity index (χ2v) is 16.3. The molecule has 64 heavy (non-hydrogen) atoms. The van der Waals surface area contributed by atoms with Gasteiger partial charge in [0, 0.05) is 53.0 Å². The zero-order valence-electron chi connectivity index (χ0n) is 45.7. The molecular formula is C57H45F3IrN2O-2. The number of hydrogen-bond acceptors (Lipinski definition) is 3. The van der Waals surface area contributed by atoms with E-state index in [9.17, 15) is 13.2 Å². The number of aromatic nitrogens is 2. The smallest absolute Gasteiger partial charge is 0.416 e. The van der Waals surface area contributed by atoms with Crippen LogP contribution in [0.15, 0.2) is 156 Å². The van der Waals surface area contributed by atoms with Crippen LogP contribution < -0.4 is 0 Å². The molecule has 0 saturated heterocycles. The standard InChI is InChI=1S/C34H21F3NO.C23H24N.Ir/c1-19-14-23(34(35,36)37)12-13-24(19)28-16-31(38-18-20(28)2)27-9-5-8-26-30-15-22-11-10-21-6-3-4-7-25(21)29(22)17-32(30)39-33(26)27;1-17-10-12-20(14-21(17)19-8-6-5-7-9-19)22-13-11-18(16-24-22)15-23(2,3)4;/h3-8,10-18H,1-2H3;5-11,13-14,16H,15H2,1-4H3;/q2*-1;/i1D3,2D3;1D3,15D2;. The van der Waals surface area contributed by atoms with E-state index in [0.717, 1.165) is 56.2 Å². The maximum absolute atomic E-state index is 13.6. The van der Waals surface area contributed by atoms with Crippen molar-refractivity contribution < 1.29 is 52.8 Å². The van der Waals surface area contributed by atoms with Crippen LogP contribution in [-0.4, -0.2) is 9.97 Å². The SMILES string of the molecule is [2H]C([2H])([2H])c1c[c-]c(-c2ccc(C([2H])([2H])C(C)(C)C)cn2)cc1-c1ccccc1.[2H]C([2H])([2H])c1cnc(-c2[c-]ccc3c2oc2cc4c(ccc5ccccc54)cc23)cc1-c1ccc(C(F)(F)F)cc1C([2H])([2H])[2H].[Ir]. The van der Waals surface area contributed by atoms with Crippen molar-refractivity contribution in [3.63, 3.8) is 0 Å². The van der Waals surface area contributed by atoms with E-state index >= 15 is 0 Å². The Kier molecular flexibility index (Phi) is 8.90. The van der Waals surface area contributed by atoms with E-state index in [-0.39, 0.29) is 48.1 Å². The topological polar surface area (TPSA) is 38.9 Å². The zero-order chi connectivity index (χ0) is 53.3. The molecule has 0 fully saturated rings. The number of benzene rings is 7. The Bertz CT molecular complexity index is 3750. The van der Waals surface area contributed by atoms with Gasteiger partial charge in [-0.05, 0) is 116 Å². The fourth-order valence-electron chi connectivity index (χ4n) is 7.76. The molecule has 0 atom stereocenters. The monoisotopic (exact) mass is 1030 g/mol. The van der Waals surface area contributed by atoms with Gasteiger partial charge in [0.05, 0.1) is 11.1 Å². The Morgan fingerprint density at radius 3 is 2.14 bits per heavy atom. The number of alkyl halides is 3. The van der Waals surface area contributed by atoms with E-state index in [1.54, 1.807) is 30.5 Å². The molecule has 0 spiro atoms. The Morgan fingerprint density at radius 2 is 1.39 bits per heavy atom.